The number of nitro benzene ring substituents is 1. The number of ether oxygens (including phenoxy) is 2. The van der Waals surface area contributed by atoms with Crippen LogP contribution in [-0.2, 0) is 4.79 Å². The average molecular weight is 358 g/mol. The number of hydrogen-bond donors (Lipinski definition) is 1. The van der Waals surface area contributed by atoms with Crippen LogP contribution >= 0.6 is 0 Å². The van der Waals surface area contributed by atoms with Crippen LogP contribution in [-0.4, -0.2) is 29.8 Å². The van der Waals surface area contributed by atoms with Crippen molar-refractivity contribution >= 4 is 23.1 Å². The first-order valence-electron chi connectivity index (χ1n) is 7.73. The van der Waals surface area contributed by atoms with Crippen molar-refractivity contribution in [3.05, 3.63) is 58.1 Å². The van der Waals surface area contributed by atoms with E-state index in [0.29, 0.717) is 17.0 Å². The Morgan fingerprint density at radius 2 is 1.88 bits per heavy atom. The van der Waals surface area contributed by atoms with Gasteiger partial charge in [0.15, 0.2) is 17.6 Å². The first-order valence-corrected chi connectivity index (χ1v) is 7.73. The Balaban J connectivity index is 2.18. The van der Waals surface area contributed by atoms with Crippen LogP contribution in [0.2, 0.25) is 0 Å². The zero-order valence-corrected chi connectivity index (χ0v) is 14.5. The molecule has 2 aromatic carbocycles. The lowest BCUT2D eigenvalue weighted by atomic mass is 10.1. The van der Waals surface area contributed by atoms with Crippen LogP contribution in [0.25, 0.3) is 0 Å². The third-order valence-electron chi connectivity index (χ3n) is 3.60. The second-order valence-electron chi connectivity index (χ2n) is 5.44. The molecule has 0 bridgehead atoms. The fraction of sp³-hybridized carbons (Fsp3) is 0.222. The number of nitrogens with zero attached hydrogens (tertiary/aromatic N) is 1. The number of benzene rings is 2. The highest BCUT2D eigenvalue weighted by Crippen LogP contribution is 2.31. The van der Waals surface area contributed by atoms with Crippen molar-refractivity contribution < 1.29 is 24.0 Å². The van der Waals surface area contributed by atoms with Gasteiger partial charge < -0.3 is 14.8 Å². The number of nitro groups is 1. The first-order chi connectivity index (χ1) is 12.3. The molecule has 8 nitrogen and oxygen atoms in total. The molecule has 0 aliphatic rings. The number of methoxy groups -OCH3 is 1. The van der Waals surface area contributed by atoms with Crippen molar-refractivity contribution in [2.24, 2.45) is 0 Å². The van der Waals surface area contributed by atoms with Crippen LogP contribution in [0.15, 0.2) is 42.5 Å². The predicted octanol–water partition coefficient (Wildman–Crippen LogP) is 3.21. The molecule has 0 aliphatic carbocycles. The molecular formula is C18H18N2O6. The third kappa shape index (κ3) is 4.35. The van der Waals surface area contributed by atoms with Crippen molar-refractivity contribution in [2.75, 3.05) is 12.4 Å². The van der Waals surface area contributed by atoms with E-state index in [2.05, 4.69) is 5.32 Å². The van der Waals surface area contributed by atoms with E-state index >= 15 is 0 Å². The normalized spacial score (nSPS) is 11.3. The number of carbonyl (C=O) groups excluding carboxylic acids is 2. The zero-order valence-electron chi connectivity index (χ0n) is 14.5. The molecule has 0 spiro atoms. The number of ketones is 1. The third-order valence-corrected chi connectivity index (χ3v) is 3.60. The molecule has 0 radical (unpaired) electrons. The number of nitrogens with one attached hydrogen (secondary N) is 1. The number of carbonyl (C=O) groups is 2. The minimum Gasteiger partial charge on any atom is -0.496 e. The van der Waals surface area contributed by atoms with Crippen LogP contribution in [0, 0.1) is 10.1 Å². The lowest BCUT2D eigenvalue weighted by molar-refractivity contribution is -0.386. The smallest absolute Gasteiger partial charge is 0.314 e. The van der Waals surface area contributed by atoms with Crippen LogP contribution < -0.4 is 14.8 Å². The summed E-state index contributed by atoms with van der Waals surface area (Å²) in [4.78, 5) is 34.5. The maximum atomic E-state index is 12.4. The highest BCUT2D eigenvalue weighted by atomic mass is 16.6. The van der Waals surface area contributed by atoms with Gasteiger partial charge in [0.25, 0.3) is 5.91 Å². The minimum absolute atomic E-state index is 0.0571. The second kappa shape index (κ2) is 8.11. The van der Waals surface area contributed by atoms with Gasteiger partial charge in [0, 0.05) is 5.56 Å². The topological polar surface area (TPSA) is 108 Å². The van der Waals surface area contributed by atoms with Crippen LogP contribution in [0.1, 0.15) is 24.2 Å². The second-order valence-corrected chi connectivity index (χ2v) is 5.44. The molecule has 8 heteroatoms. The lowest BCUT2D eigenvalue weighted by Crippen LogP contribution is -2.30. The van der Waals surface area contributed by atoms with E-state index < -0.39 is 16.9 Å². The molecule has 1 amide bonds. The van der Waals surface area contributed by atoms with Crippen molar-refractivity contribution in [3.63, 3.8) is 0 Å². The number of hydrogen-bond acceptors (Lipinski definition) is 6. The largest absolute Gasteiger partial charge is 0.496 e. The molecule has 0 saturated heterocycles. The predicted molar refractivity (Wildman–Crippen MR) is 94.8 cm³/mol. The summed E-state index contributed by atoms with van der Waals surface area (Å²) in [6, 6.07) is 10.6. The molecule has 1 atom stereocenters. The maximum Gasteiger partial charge on any atom is 0.314 e. The Kier molecular flexibility index (Phi) is 5.90. The van der Waals surface area contributed by atoms with E-state index in [1.54, 1.807) is 24.3 Å². The summed E-state index contributed by atoms with van der Waals surface area (Å²) in [7, 11) is 1.39. The molecule has 0 fully saturated rings. The zero-order chi connectivity index (χ0) is 19.3. The lowest BCUT2D eigenvalue weighted by Gasteiger charge is -2.16. The van der Waals surface area contributed by atoms with Gasteiger partial charge in [0.05, 0.1) is 23.8 Å². The van der Waals surface area contributed by atoms with Gasteiger partial charge in [-0.15, -0.1) is 0 Å². The Labute approximate surface area is 149 Å². The SMILES string of the molecule is COc1ccc(O[C@H](C)C(=O)Nc2ccccc2C(C)=O)c([N+](=O)[O-])c1. The summed E-state index contributed by atoms with van der Waals surface area (Å²) in [5, 5.41) is 13.8. The van der Waals surface area contributed by atoms with Gasteiger partial charge in [0.1, 0.15) is 5.75 Å². The first kappa shape index (κ1) is 18.9. The van der Waals surface area contributed by atoms with Crippen LogP contribution in [0.5, 0.6) is 11.5 Å². The number of anilines is 1. The van der Waals surface area contributed by atoms with Crippen LogP contribution in [0.4, 0.5) is 11.4 Å². The molecular weight excluding hydrogens is 340 g/mol. The average Bonchev–Trinajstić information content (AvgIpc) is 2.62. The number of rotatable bonds is 7. The van der Waals surface area contributed by atoms with E-state index in [9.17, 15) is 19.7 Å². The Hall–Kier alpha value is -3.42. The maximum absolute atomic E-state index is 12.4. The van der Waals surface area contributed by atoms with Crippen molar-refractivity contribution in [2.45, 2.75) is 20.0 Å². The highest BCUT2D eigenvalue weighted by molar-refractivity contribution is 6.04. The summed E-state index contributed by atoms with van der Waals surface area (Å²) >= 11 is 0. The molecule has 26 heavy (non-hydrogen) atoms. The molecule has 0 saturated carbocycles. The molecule has 0 unspecified atom stereocenters. The molecule has 0 aromatic heterocycles. The van der Waals surface area contributed by atoms with E-state index in [-0.39, 0.29) is 17.2 Å². The summed E-state index contributed by atoms with van der Waals surface area (Å²) in [6.07, 6.45) is -1.03. The van der Waals surface area contributed by atoms with Gasteiger partial charge in [-0.3, -0.25) is 19.7 Å². The molecule has 1 N–H and O–H groups in total. The number of para-hydroxylation sites is 1. The van der Waals surface area contributed by atoms with E-state index in [1.165, 1.54) is 39.2 Å². The standard InChI is InChI=1S/C18H18N2O6/c1-11(21)14-6-4-5-7-15(14)19-18(22)12(2)26-17-9-8-13(25-3)10-16(17)20(23)24/h4-10,12H,1-3H3,(H,19,22)/t12-/m1/s1. The fourth-order valence-corrected chi connectivity index (χ4v) is 2.24. The monoisotopic (exact) mass is 358 g/mol. The molecule has 136 valence electrons. The van der Waals surface area contributed by atoms with Gasteiger partial charge in [0.2, 0.25) is 0 Å². The Morgan fingerprint density at radius 3 is 2.50 bits per heavy atom. The fourth-order valence-electron chi connectivity index (χ4n) is 2.24. The van der Waals surface area contributed by atoms with E-state index in [4.69, 9.17) is 9.47 Å². The van der Waals surface area contributed by atoms with Gasteiger partial charge >= 0.3 is 5.69 Å². The number of Topliss-reactive ketones (excluding diaryl/α,β-unsaturated/α-hetero) is 1. The summed E-state index contributed by atoms with van der Waals surface area (Å²) in [6.45, 7) is 2.85. The van der Waals surface area contributed by atoms with Gasteiger partial charge in [-0.1, -0.05) is 12.1 Å². The summed E-state index contributed by atoms with van der Waals surface area (Å²) < 4.78 is 10.4. The van der Waals surface area contributed by atoms with Crippen molar-refractivity contribution in [1.82, 2.24) is 0 Å². The molecule has 0 aliphatic heterocycles. The Morgan fingerprint density at radius 1 is 1.19 bits per heavy atom. The number of amides is 1. The quantitative estimate of drug-likeness (QED) is 0.462. The van der Waals surface area contributed by atoms with Gasteiger partial charge in [-0.25, -0.2) is 0 Å². The highest BCUT2D eigenvalue weighted by Gasteiger charge is 2.23. The minimum atomic E-state index is -1.03. The van der Waals surface area contributed by atoms with E-state index in [0.717, 1.165) is 0 Å². The molecule has 2 aromatic rings. The van der Waals surface area contributed by atoms with Gasteiger partial charge in [-0.05, 0) is 38.1 Å². The van der Waals surface area contributed by atoms with E-state index in [1.807, 2.05) is 0 Å². The summed E-state index contributed by atoms with van der Waals surface area (Å²) in [5.41, 5.74) is 0.404. The summed E-state index contributed by atoms with van der Waals surface area (Å²) in [5.74, 6) is -0.487. The Bertz CT molecular complexity index is 849. The van der Waals surface area contributed by atoms with Crippen molar-refractivity contribution in [1.29, 1.82) is 0 Å². The van der Waals surface area contributed by atoms with Crippen LogP contribution in [0.3, 0.4) is 0 Å². The van der Waals surface area contributed by atoms with Gasteiger partial charge in [-0.2, -0.15) is 0 Å². The molecule has 2 rings (SSSR count). The van der Waals surface area contributed by atoms with Crippen molar-refractivity contribution in [3.8, 4) is 11.5 Å². The molecule has 0 heterocycles.